The molecule has 1 atom stereocenters. The minimum atomic E-state index is -0.307. The second-order valence-electron chi connectivity index (χ2n) is 9.17. The molecule has 29 heavy (non-hydrogen) atoms. The first-order chi connectivity index (χ1) is 13.9. The summed E-state index contributed by atoms with van der Waals surface area (Å²) >= 11 is 0. The topological polar surface area (TPSA) is 41.6 Å². The second-order valence-corrected chi connectivity index (χ2v) is 9.17. The third-order valence-electron chi connectivity index (χ3n) is 6.00. The third kappa shape index (κ3) is 4.81. The zero-order valence-corrected chi connectivity index (χ0v) is 17.8. The summed E-state index contributed by atoms with van der Waals surface area (Å²) in [7, 11) is 0. The van der Waals surface area contributed by atoms with Crippen molar-refractivity contribution in [1.29, 1.82) is 0 Å². The first-order valence-corrected chi connectivity index (χ1v) is 10.8. The number of likely N-dealkylation sites (tertiary alicyclic amines) is 1. The minimum absolute atomic E-state index is 0.0234. The van der Waals surface area contributed by atoms with Crippen molar-refractivity contribution in [3.05, 3.63) is 64.7 Å². The van der Waals surface area contributed by atoms with Crippen molar-refractivity contribution in [2.24, 2.45) is 0 Å². The maximum absolute atomic E-state index is 13.0. The summed E-state index contributed by atoms with van der Waals surface area (Å²) in [6.45, 7) is 9.55. The van der Waals surface area contributed by atoms with Gasteiger partial charge >= 0.3 is 0 Å². The Balaban J connectivity index is 1.45. The summed E-state index contributed by atoms with van der Waals surface area (Å²) < 4.78 is 6.12. The van der Waals surface area contributed by atoms with Crippen LogP contribution in [-0.4, -0.2) is 29.5 Å². The van der Waals surface area contributed by atoms with Crippen molar-refractivity contribution in [2.45, 2.75) is 64.6 Å². The molecule has 0 spiro atoms. The Morgan fingerprint density at radius 1 is 1.10 bits per heavy atom. The van der Waals surface area contributed by atoms with Gasteiger partial charge < -0.3 is 10.1 Å². The van der Waals surface area contributed by atoms with Crippen molar-refractivity contribution in [3.63, 3.8) is 0 Å². The van der Waals surface area contributed by atoms with Crippen molar-refractivity contribution < 1.29 is 9.53 Å². The predicted octanol–water partition coefficient (Wildman–Crippen LogP) is 5.01. The number of hydrogen-bond donors (Lipinski definition) is 1. The van der Waals surface area contributed by atoms with Gasteiger partial charge in [-0.05, 0) is 70.5 Å². The highest BCUT2D eigenvalue weighted by molar-refractivity contribution is 5.94. The lowest BCUT2D eigenvalue weighted by molar-refractivity contribution is 0.0619. The number of amides is 1. The zero-order valence-electron chi connectivity index (χ0n) is 17.8. The first-order valence-electron chi connectivity index (χ1n) is 10.8. The van der Waals surface area contributed by atoms with Crippen LogP contribution in [-0.2, 0) is 6.54 Å². The van der Waals surface area contributed by atoms with Crippen LogP contribution in [0.5, 0.6) is 5.75 Å². The molecule has 2 heterocycles. The van der Waals surface area contributed by atoms with Crippen LogP contribution in [0.25, 0.3) is 0 Å². The van der Waals surface area contributed by atoms with Gasteiger partial charge in [-0.15, -0.1) is 0 Å². The number of nitrogens with zero attached hydrogens (tertiary/aromatic N) is 1. The highest BCUT2D eigenvalue weighted by Gasteiger charge is 2.34. The van der Waals surface area contributed by atoms with E-state index >= 15 is 0 Å². The number of aryl methyl sites for hydroxylation is 1. The second kappa shape index (κ2) is 8.19. The number of hydrogen-bond acceptors (Lipinski definition) is 3. The van der Waals surface area contributed by atoms with Gasteiger partial charge in [0.05, 0.1) is 6.04 Å². The van der Waals surface area contributed by atoms with Gasteiger partial charge in [0, 0.05) is 24.1 Å². The number of fused-ring (bicyclic) bond motifs is 1. The molecule has 4 nitrogen and oxygen atoms in total. The van der Waals surface area contributed by atoms with Crippen LogP contribution < -0.4 is 10.1 Å². The Kier molecular flexibility index (Phi) is 5.64. The van der Waals surface area contributed by atoms with Crippen LogP contribution in [0.4, 0.5) is 0 Å². The van der Waals surface area contributed by atoms with E-state index in [1.54, 1.807) is 0 Å². The molecule has 1 amide bonds. The van der Waals surface area contributed by atoms with Gasteiger partial charge in [-0.3, -0.25) is 9.69 Å². The number of ether oxygens (including phenoxy) is 1. The minimum Gasteiger partial charge on any atom is -0.487 e. The van der Waals surface area contributed by atoms with Crippen LogP contribution in [0.2, 0.25) is 0 Å². The highest BCUT2D eigenvalue weighted by atomic mass is 16.5. The SMILES string of the molecule is Cc1ccc2c(c1)C(NC(=O)c1ccc(CN3CCCCC3)cc1)CC(C)(C)O2. The maximum atomic E-state index is 13.0. The number of piperidine rings is 1. The lowest BCUT2D eigenvalue weighted by atomic mass is 9.88. The smallest absolute Gasteiger partial charge is 0.251 e. The Bertz CT molecular complexity index is 867. The summed E-state index contributed by atoms with van der Waals surface area (Å²) in [6, 6.07) is 14.2. The lowest BCUT2D eigenvalue weighted by Crippen LogP contribution is -2.41. The largest absolute Gasteiger partial charge is 0.487 e. The first kappa shape index (κ1) is 20.0. The highest BCUT2D eigenvalue weighted by Crippen LogP contribution is 2.40. The average molecular weight is 393 g/mol. The molecule has 0 saturated carbocycles. The standard InChI is InChI=1S/C25H32N2O2/c1-18-7-12-23-21(15-18)22(16-25(2,3)29-23)26-24(28)20-10-8-19(9-11-20)17-27-13-5-4-6-14-27/h7-12,15,22H,4-6,13-14,16-17H2,1-3H3,(H,26,28). The zero-order chi connectivity index (χ0) is 20.4. The molecular formula is C25H32N2O2. The Hall–Kier alpha value is -2.33. The van der Waals surface area contributed by atoms with Crippen molar-refractivity contribution in [3.8, 4) is 5.75 Å². The van der Waals surface area contributed by atoms with Gasteiger partial charge in [0.1, 0.15) is 11.4 Å². The average Bonchev–Trinajstić information content (AvgIpc) is 2.69. The molecule has 2 aromatic rings. The third-order valence-corrected chi connectivity index (χ3v) is 6.00. The number of nitrogens with one attached hydrogen (secondary N) is 1. The van der Waals surface area contributed by atoms with E-state index in [0.29, 0.717) is 5.56 Å². The molecule has 0 bridgehead atoms. The molecule has 0 radical (unpaired) electrons. The van der Waals surface area contributed by atoms with Crippen LogP contribution in [0.3, 0.4) is 0 Å². The van der Waals surface area contributed by atoms with Crippen LogP contribution >= 0.6 is 0 Å². The summed E-state index contributed by atoms with van der Waals surface area (Å²) in [5.74, 6) is 0.846. The Labute approximate surface area is 174 Å². The van der Waals surface area contributed by atoms with E-state index in [-0.39, 0.29) is 17.6 Å². The molecule has 1 unspecified atom stereocenters. The van der Waals surface area contributed by atoms with Gasteiger partial charge in [-0.1, -0.05) is 36.2 Å². The summed E-state index contributed by atoms with van der Waals surface area (Å²) in [5, 5.41) is 3.25. The van der Waals surface area contributed by atoms with E-state index < -0.39 is 0 Å². The normalized spacial score (nSPS) is 21.1. The fraction of sp³-hybridized carbons (Fsp3) is 0.480. The monoisotopic (exact) mass is 392 g/mol. The van der Waals surface area contributed by atoms with E-state index in [9.17, 15) is 4.79 Å². The van der Waals surface area contributed by atoms with E-state index in [1.807, 2.05) is 18.2 Å². The molecule has 0 aliphatic carbocycles. The molecule has 1 saturated heterocycles. The summed E-state index contributed by atoms with van der Waals surface area (Å²) in [4.78, 5) is 15.5. The van der Waals surface area contributed by atoms with Crippen molar-refractivity contribution in [2.75, 3.05) is 13.1 Å². The van der Waals surface area contributed by atoms with E-state index in [1.165, 1.54) is 43.5 Å². The fourth-order valence-electron chi connectivity index (χ4n) is 4.48. The number of benzene rings is 2. The quantitative estimate of drug-likeness (QED) is 0.795. The molecule has 2 aromatic carbocycles. The molecule has 2 aliphatic rings. The molecule has 1 N–H and O–H groups in total. The molecule has 154 valence electrons. The number of rotatable bonds is 4. The van der Waals surface area contributed by atoms with Crippen LogP contribution in [0.1, 0.15) is 72.6 Å². The summed E-state index contributed by atoms with van der Waals surface area (Å²) in [6.07, 6.45) is 4.69. The van der Waals surface area contributed by atoms with Gasteiger partial charge in [-0.2, -0.15) is 0 Å². The lowest BCUT2D eigenvalue weighted by Gasteiger charge is -2.38. The molecule has 4 rings (SSSR count). The van der Waals surface area contributed by atoms with E-state index in [0.717, 1.165) is 24.3 Å². The number of carbonyl (C=O) groups excluding carboxylic acids is 1. The van der Waals surface area contributed by atoms with Gasteiger partial charge in [0.2, 0.25) is 0 Å². The predicted molar refractivity (Wildman–Crippen MR) is 116 cm³/mol. The molecule has 1 fully saturated rings. The Morgan fingerprint density at radius 3 is 2.55 bits per heavy atom. The van der Waals surface area contributed by atoms with E-state index in [4.69, 9.17) is 4.74 Å². The maximum Gasteiger partial charge on any atom is 0.251 e. The summed E-state index contributed by atoms with van der Waals surface area (Å²) in [5.41, 5.74) is 3.92. The fourth-order valence-corrected chi connectivity index (χ4v) is 4.48. The molecular weight excluding hydrogens is 360 g/mol. The number of carbonyl (C=O) groups is 1. The molecule has 0 aromatic heterocycles. The Morgan fingerprint density at radius 2 is 1.83 bits per heavy atom. The van der Waals surface area contributed by atoms with Gasteiger partial charge in [-0.25, -0.2) is 0 Å². The van der Waals surface area contributed by atoms with Gasteiger partial charge in [0.25, 0.3) is 5.91 Å². The van der Waals surface area contributed by atoms with Gasteiger partial charge in [0.15, 0.2) is 0 Å². The van der Waals surface area contributed by atoms with Crippen molar-refractivity contribution >= 4 is 5.91 Å². The molecule has 4 heteroatoms. The van der Waals surface area contributed by atoms with Crippen LogP contribution in [0.15, 0.2) is 42.5 Å². The van der Waals surface area contributed by atoms with Crippen LogP contribution in [0, 0.1) is 6.92 Å². The van der Waals surface area contributed by atoms with Crippen molar-refractivity contribution in [1.82, 2.24) is 10.2 Å². The molecule has 2 aliphatic heterocycles. The van der Waals surface area contributed by atoms with E-state index in [2.05, 4.69) is 55.3 Å².